The minimum Gasteiger partial charge on any atom is -0.332 e. The number of benzene rings is 3. The first-order chi connectivity index (χ1) is 20.9. The molecule has 3 aromatic heterocycles. The number of carbonyl (C=O) groups is 1. The van der Waals surface area contributed by atoms with Crippen LogP contribution in [-0.4, -0.2) is 51.7 Å². The lowest BCUT2D eigenvalue weighted by atomic mass is 10.0. The minimum atomic E-state index is -0.151. The Kier molecular flexibility index (Phi) is 6.91. The molecule has 0 saturated carbocycles. The summed E-state index contributed by atoms with van der Waals surface area (Å²) in [5.41, 5.74) is 5.86. The van der Waals surface area contributed by atoms with Crippen LogP contribution < -0.4 is 5.56 Å². The summed E-state index contributed by atoms with van der Waals surface area (Å²) in [6.45, 7) is 0.647. The molecule has 12 heteroatoms. The van der Waals surface area contributed by atoms with Gasteiger partial charge in [-0.1, -0.05) is 41.9 Å². The number of fused-ring (bicyclic) bond motifs is 3. The molecule has 10 nitrogen and oxygen atoms in total. The van der Waals surface area contributed by atoms with Crippen molar-refractivity contribution in [3.05, 3.63) is 127 Å². The van der Waals surface area contributed by atoms with E-state index in [2.05, 4.69) is 43.5 Å². The number of aromatic nitrogens is 7. The summed E-state index contributed by atoms with van der Waals surface area (Å²) in [4.78, 5) is 30.9. The Bertz CT molecular complexity index is 2070. The fourth-order valence-electron chi connectivity index (χ4n) is 5.54. The Hall–Kier alpha value is -4.61. The van der Waals surface area contributed by atoms with Gasteiger partial charge >= 0.3 is 0 Å². The maximum absolute atomic E-state index is 14.3. The molecule has 0 saturated heterocycles. The summed E-state index contributed by atoms with van der Waals surface area (Å²) in [7, 11) is 1.71. The fraction of sp³-hybridized carbons (Fsp3) is 0.161. The molecule has 0 fully saturated rings. The van der Waals surface area contributed by atoms with Crippen molar-refractivity contribution < 1.29 is 4.79 Å². The van der Waals surface area contributed by atoms with E-state index in [0.29, 0.717) is 58.4 Å². The van der Waals surface area contributed by atoms with Crippen LogP contribution >= 0.6 is 27.5 Å². The molecule has 1 aliphatic heterocycles. The molecule has 0 radical (unpaired) electrons. The van der Waals surface area contributed by atoms with E-state index in [9.17, 15) is 9.59 Å². The quantitative estimate of drug-likeness (QED) is 0.262. The van der Waals surface area contributed by atoms with E-state index in [4.69, 9.17) is 16.7 Å². The number of hydrogen-bond donors (Lipinski definition) is 0. The van der Waals surface area contributed by atoms with Crippen molar-refractivity contribution in [3.8, 4) is 17.1 Å². The summed E-state index contributed by atoms with van der Waals surface area (Å²) < 4.78 is 4.27. The standard InChI is InChI=1S/C31H24BrClN8O2/c1-38-36-28(35-37-38)20-7-10-23(11-8-20)40-29-22(15-19-5-3-2-4-6-19)17-34-41(29)27-18-39(14-13-24(27)31(40)43)30(42)21-9-12-25(32)26(33)16-21/h2-12,16-17H,13-15,18H2,1H3. The maximum atomic E-state index is 14.3. The van der Waals surface area contributed by atoms with Gasteiger partial charge in [0.2, 0.25) is 5.82 Å². The van der Waals surface area contributed by atoms with Crippen LogP contribution in [0.5, 0.6) is 0 Å². The van der Waals surface area contributed by atoms with Crippen molar-refractivity contribution >= 4 is 39.1 Å². The third kappa shape index (κ3) is 4.94. The summed E-state index contributed by atoms with van der Waals surface area (Å²) in [6, 6.07) is 22.8. The molecule has 1 aliphatic rings. The number of hydrogen-bond acceptors (Lipinski definition) is 6. The third-order valence-corrected chi connectivity index (χ3v) is 8.88. The smallest absolute Gasteiger partial charge is 0.261 e. The molecule has 4 heterocycles. The van der Waals surface area contributed by atoms with E-state index in [0.717, 1.165) is 21.2 Å². The van der Waals surface area contributed by atoms with Crippen LogP contribution in [0.4, 0.5) is 0 Å². The van der Waals surface area contributed by atoms with Gasteiger partial charge in [0.1, 0.15) is 5.65 Å². The second-order valence-electron chi connectivity index (χ2n) is 10.4. The topological polar surface area (TPSA) is 103 Å². The van der Waals surface area contributed by atoms with Crippen LogP contribution in [-0.2, 0) is 26.4 Å². The van der Waals surface area contributed by atoms with Crippen molar-refractivity contribution in [1.82, 2.24) is 39.3 Å². The molecule has 3 aromatic carbocycles. The predicted octanol–water partition coefficient (Wildman–Crippen LogP) is 4.88. The average Bonchev–Trinajstić information content (AvgIpc) is 3.65. The van der Waals surface area contributed by atoms with Crippen molar-refractivity contribution in [2.75, 3.05) is 6.54 Å². The van der Waals surface area contributed by atoms with E-state index in [-0.39, 0.29) is 18.0 Å². The first kappa shape index (κ1) is 27.2. The lowest BCUT2D eigenvalue weighted by Crippen LogP contribution is -2.41. The average molecular weight is 656 g/mol. The number of tetrazole rings is 1. The normalized spacial score (nSPS) is 13.0. The van der Waals surface area contributed by atoms with Gasteiger partial charge in [-0.2, -0.15) is 9.90 Å². The zero-order valence-electron chi connectivity index (χ0n) is 23.0. The summed E-state index contributed by atoms with van der Waals surface area (Å²) in [6.07, 6.45) is 2.80. The van der Waals surface area contributed by atoms with E-state index < -0.39 is 0 Å². The molecule has 0 N–H and O–H groups in total. The first-order valence-corrected chi connectivity index (χ1v) is 14.8. The number of carbonyl (C=O) groups excluding carboxylic acids is 1. The molecule has 1 amide bonds. The second-order valence-corrected chi connectivity index (χ2v) is 11.6. The molecule has 0 spiro atoms. The van der Waals surface area contributed by atoms with Crippen LogP contribution in [0.3, 0.4) is 0 Å². The number of aryl methyl sites for hydroxylation is 1. The van der Waals surface area contributed by atoms with Gasteiger partial charge in [-0.3, -0.25) is 14.2 Å². The van der Waals surface area contributed by atoms with Gasteiger partial charge in [0.15, 0.2) is 0 Å². The third-order valence-electron chi connectivity index (χ3n) is 7.65. The van der Waals surface area contributed by atoms with Gasteiger partial charge in [-0.05, 0) is 75.6 Å². The number of amides is 1. The Labute approximate surface area is 259 Å². The molecule has 43 heavy (non-hydrogen) atoms. The molecule has 6 aromatic rings. The summed E-state index contributed by atoms with van der Waals surface area (Å²) >= 11 is 9.66. The molecule has 214 valence electrons. The SMILES string of the molecule is Cn1nnc(-c2ccc(-n3c(=O)c4c(n5ncc(Cc6ccccc6)c35)CN(C(=O)c3ccc(Br)c(Cl)c3)CC4)cc2)n1. The zero-order valence-corrected chi connectivity index (χ0v) is 25.3. The molecular formula is C31H24BrClN8O2. The Morgan fingerprint density at radius 2 is 1.84 bits per heavy atom. The van der Waals surface area contributed by atoms with E-state index >= 15 is 0 Å². The monoisotopic (exact) mass is 654 g/mol. The largest absolute Gasteiger partial charge is 0.332 e. The van der Waals surface area contributed by atoms with Crippen LogP contribution in [0, 0.1) is 0 Å². The van der Waals surface area contributed by atoms with Gasteiger partial charge in [-0.25, -0.2) is 4.52 Å². The van der Waals surface area contributed by atoms with E-state index in [1.165, 1.54) is 4.80 Å². The Morgan fingerprint density at radius 3 is 2.56 bits per heavy atom. The molecule has 0 bridgehead atoms. The molecule has 0 unspecified atom stereocenters. The van der Waals surface area contributed by atoms with Gasteiger partial charge in [0.05, 0.1) is 36.2 Å². The van der Waals surface area contributed by atoms with Crippen LogP contribution in [0.2, 0.25) is 5.02 Å². The van der Waals surface area contributed by atoms with Gasteiger partial charge < -0.3 is 4.90 Å². The zero-order chi connectivity index (χ0) is 29.7. The number of halogens is 2. The van der Waals surface area contributed by atoms with Crippen LogP contribution in [0.15, 0.2) is 88.3 Å². The highest BCUT2D eigenvalue weighted by Gasteiger charge is 2.29. The van der Waals surface area contributed by atoms with Crippen molar-refractivity contribution in [2.24, 2.45) is 7.05 Å². The maximum Gasteiger partial charge on any atom is 0.261 e. The van der Waals surface area contributed by atoms with Crippen molar-refractivity contribution in [1.29, 1.82) is 0 Å². The lowest BCUT2D eigenvalue weighted by Gasteiger charge is -2.30. The van der Waals surface area contributed by atoms with E-state index in [1.54, 1.807) is 34.7 Å². The van der Waals surface area contributed by atoms with Crippen LogP contribution in [0.25, 0.3) is 22.7 Å². The highest BCUT2D eigenvalue weighted by Crippen LogP contribution is 2.28. The van der Waals surface area contributed by atoms with Gasteiger partial charge in [-0.15, -0.1) is 10.2 Å². The minimum absolute atomic E-state index is 0.124. The summed E-state index contributed by atoms with van der Waals surface area (Å²) in [5, 5.41) is 17.5. The van der Waals surface area contributed by atoms with E-state index in [1.807, 2.05) is 53.2 Å². The molecule has 7 rings (SSSR count). The molecular weight excluding hydrogens is 632 g/mol. The van der Waals surface area contributed by atoms with Gasteiger partial charge in [0, 0.05) is 39.7 Å². The Morgan fingerprint density at radius 1 is 1.05 bits per heavy atom. The van der Waals surface area contributed by atoms with Crippen molar-refractivity contribution in [3.63, 3.8) is 0 Å². The molecule has 0 atom stereocenters. The lowest BCUT2D eigenvalue weighted by molar-refractivity contribution is 0.0729. The summed E-state index contributed by atoms with van der Waals surface area (Å²) in [5.74, 6) is 0.352. The highest BCUT2D eigenvalue weighted by molar-refractivity contribution is 9.10. The molecule has 0 aliphatic carbocycles. The number of nitrogens with zero attached hydrogens (tertiary/aromatic N) is 8. The van der Waals surface area contributed by atoms with Crippen LogP contribution in [0.1, 0.15) is 32.7 Å². The highest BCUT2D eigenvalue weighted by atomic mass is 79.9. The first-order valence-electron chi connectivity index (χ1n) is 13.6. The fourth-order valence-corrected chi connectivity index (χ4v) is 5.97. The van der Waals surface area contributed by atoms with Gasteiger partial charge in [0.25, 0.3) is 11.5 Å². The Balaban J connectivity index is 1.35. The second kappa shape index (κ2) is 10.9. The predicted molar refractivity (Wildman–Crippen MR) is 165 cm³/mol. The number of rotatable bonds is 5. The van der Waals surface area contributed by atoms with Crippen molar-refractivity contribution in [2.45, 2.75) is 19.4 Å².